The van der Waals surface area contributed by atoms with Crippen LogP contribution in [0.3, 0.4) is 0 Å². The van der Waals surface area contributed by atoms with Crippen molar-refractivity contribution in [3.05, 3.63) is 53.6 Å². The molecule has 1 N–H and O–H groups in total. The van der Waals surface area contributed by atoms with E-state index in [9.17, 15) is 4.79 Å². The van der Waals surface area contributed by atoms with Crippen LogP contribution in [0.1, 0.15) is 24.0 Å². The number of benzene rings is 2. The van der Waals surface area contributed by atoms with Crippen molar-refractivity contribution in [1.29, 1.82) is 0 Å². The summed E-state index contributed by atoms with van der Waals surface area (Å²) in [5, 5.41) is 3.03. The van der Waals surface area contributed by atoms with Gasteiger partial charge in [-0.1, -0.05) is 12.1 Å². The topological polar surface area (TPSA) is 41.6 Å². The van der Waals surface area contributed by atoms with Crippen LogP contribution in [-0.4, -0.2) is 31.9 Å². The molecule has 4 nitrogen and oxygen atoms in total. The molecule has 0 aliphatic carbocycles. The molecule has 0 atom stereocenters. The molecule has 2 aromatic rings. The highest BCUT2D eigenvalue weighted by Crippen LogP contribution is 2.26. The highest BCUT2D eigenvalue weighted by Gasteiger charge is 2.13. The second-order valence-corrected chi connectivity index (χ2v) is 7.57. The van der Waals surface area contributed by atoms with Crippen LogP contribution in [0.25, 0.3) is 0 Å². The van der Waals surface area contributed by atoms with Gasteiger partial charge in [0.25, 0.3) is 0 Å². The molecule has 2 aromatic carbocycles. The lowest BCUT2D eigenvalue weighted by atomic mass is 10.1. The molecule has 0 radical (unpaired) electrons. The largest absolute Gasteiger partial charge is 0.497 e. The van der Waals surface area contributed by atoms with Gasteiger partial charge in [-0.05, 0) is 61.2 Å². The van der Waals surface area contributed by atoms with Crippen LogP contribution >= 0.6 is 11.8 Å². The summed E-state index contributed by atoms with van der Waals surface area (Å²) in [4.78, 5) is 14.7. The Morgan fingerprint density at radius 2 is 2.00 bits per heavy atom. The van der Waals surface area contributed by atoms with Crippen molar-refractivity contribution >= 4 is 29.0 Å². The third kappa shape index (κ3) is 4.94. The number of rotatable bonds is 7. The summed E-state index contributed by atoms with van der Waals surface area (Å²) in [7, 11) is 1.66. The molecule has 1 heterocycles. The van der Waals surface area contributed by atoms with Crippen LogP contribution in [0.5, 0.6) is 5.75 Å². The normalized spacial score (nSPS) is 13.7. The average Bonchev–Trinajstić information content (AvgIpc) is 3.18. The zero-order valence-corrected chi connectivity index (χ0v) is 16.3. The highest BCUT2D eigenvalue weighted by atomic mass is 32.2. The van der Waals surface area contributed by atoms with Crippen molar-refractivity contribution in [3.63, 3.8) is 0 Å². The minimum Gasteiger partial charge on any atom is -0.497 e. The zero-order valence-electron chi connectivity index (χ0n) is 15.5. The van der Waals surface area contributed by atoms with Crippen LogP contribution in [-0.2, 0) is 10.5 Å². The smallest absolute Gasteiger partial charge is 0.234 e. The summed E-state index contributed by atoms with van der Waals surface area (Å²) < 4.78 is 5.23. The van der Waals surface area contributed by atoms with E-state index >= 15 is 0 Å². The number of amides is 1. The van der Waals surface area contributed by atoms with Gasteiger partial charge in [0.1, 0.15) is 5.75 Å². The number of hydrogen-bond donors (Lipinski definition) is 1. The van der Waals surface area contributed by atoms with Gasteiger partial charge in [-0.15, -0.1) is 11.8 Å². The number of carbonyl (C=O) groups excluding carboxylic acids is 1. The molecule has 3 rings (SSSR count). The van der Waals surface area contributed by atoms with Gasteiger partial charge < -0.3 is 15.0 Å². The van der Waals surface area contributed by atoms with Crippen molar-refractivity contribution in [3.8, 4) is 5.75 Å². The number of methoxy groups -OCH3 is 1. The summed E-state index contributed by atoms with van der Waals surface area (Å²) >= 11 is 1.61. The van der Waals surface area contributed by atoms with Gasteiger partial charge in [-0.3, -0.25) is 4.79 Å². The Morgan fingerprint density at radius 3 is 2.73 bits per heavy atom. The van der Waals surface area contributed by atoms with Gasteiger partial charge in [0, 0.05) is 30.2 Å². The molecule has 0 unspecified atom stereocenters. The monoisotopic (exact) mass is 370 g/mol. The van der Waals surface area contributed by atoms with E-state index in [0.717, 1.165) is 41.4 Å². The van der Waals surface area contributed by atoms with Crippen molar-refractivity contribution in [2.45, 2.75) is 25.5 Å². The quantitative estimate of drug-likeness (QED) is 0.780. The maximum absolute atomic E-state index is 12.3. The van der Waals surface area contributed by atoms with E-state index in [-0.39, 0.29) is 5.91 Å². The van der Waals surface area contributed by atoms with Gasteiger partial charge >= 0.3 is 0 Å². The Morgan fingerprint density at radius 1 is 1.19 bits per heavy atom. The molecule has 1 saturated heterocycles. The van der Waals surface area contributed by atoms with Crippen molar-refractivity contribution in [2.24, 2.45) is 0 Å². The molecule has 0 spiro atoms. The second-order valence-electron chi connectivity index (χ2n) is 6.59. The van der Waals surface area contributed by atoms with E-state index in [1.165, 1.54) is 18.5 Å². The van der Waals surface area contributed by atoms with E-state index in [1.807, 2.05) is 24.3 Å². The first kappa shape index (κ1) is 18.6. The molecular weight excluding hydrogens is 344 g/mol. The lowest BCUT2D eigenvalue weighted by Crippen LogP contribution is -2.18. The minimum absolute atomic E-state index is 0.0370. The van der Waals surface area contributed by atoms with Crippen LogP contribution in [0.4, 0.5) is 11.4 Å². The standard InChI is InChI=1S/C21H26N2O2S/c1-16-12-18(23-10-3-4-11-23)8-9-20(16)22-21(24)15-26-14-17-6-5-7-19(13-17)25-2/h5-9,12-13H,3-4,10-11,14-15H2,1-2H3,(H,22,24). The molecule has 0 saturated carbocycles. The molecular formula is C21H26N2O2S. The maximum atomic E-state index is 12.3. The van der Waals surface area contributed by atoms with Crippen LogP contribution < -0.4 is 15.0 Å². The number of nitrogens with one attached hydrogen (secondary N) is 1. The predicted molar refractivity (Wildman–Crippen MR) is 110 cm³/mol. The predicted octanol–water partition coefficient (Wildman–Crippen LogP) is 4.48. The number of anilines is 2. The van der Waals surface area contributed by atoms with E-state index in [2.05, 4.69) is 35.3 Å². The third-order valence-corrected chi connectivity index (χ3v) is 5.60. The van der Waals surface area contributed by atoms with Crippen molar-refractivity contribution < 1.29 is 9.53 Å². The fourth-order valence-corrected chi connectivity index (χ4v) is 3.95. The summed E-state index contributed by atoms with van der Waals surface area (Å²) in [6.45, 7) is 4.32. The molecule has 138 valence electrons. The molecule has 1 fully saturated rings. The summed E-state index contributed by atoms with van der Waals surface area (Å²) in [5.74, 6) is 2.11. The fraction of sp³-hybridized carbons (Fsp3) is 0.381. The van der Waals surface area contributed by atoms with Gasteiger partial charge in [-0.25, -0.2) is 0 Å². The Kier molecular flexibility index (Phi) is 6.45. The first-order valence-corrected chi connectivity index (χ1v) is 10.2. The number of nitrogens with zero attached hydrogens (tertiary/aromatic N) is 1. The average molecular weight is 371 g/mol. The Hall–Kier alpha value is -2.14. The van der Waals surface area contributed by atoms with Crippen molar-refractivity contribution in [1.82, 2.24) is 0 Å². The number of ether oxygens (including phenoxy) is 1. The van der Waals surface area contributed by atoms with Gasteiger partial charge in [0.15, 0.2) is 0 Å². The first-order valence-electron chi connectivity index (χ1n) is 9.02. The van der Waals surface area contributed by atoms with Crippen LogP contribution in [0.15, 0.2) is 42.5 Å². The number of hydrogen-bond acceptors (Lipinski definition) is 4. The molecule has 0 bridgehead atoms. The zero-order chi connectivity index (χ0) is 18.4. The minimum atomic E-state index is 0.0370. The lowest BCUT2D eigenvalue weighted by Gasteiger charge is -2.19. The Balaban J connectivity index is 1.49. The molecule has 1 amide bonds. The highest BCUT2D eigenvalue weighted by molar-refractivity contribution is 7.99. The lowest BCUT2D eigenvalue weighted by molar-refractivity contribution is -0.113. The van der Waals surface area contributed by atoms with Crippen molar-refractivity contribution in [2.75, 3.05) is 36.2 Å². The number of thioether (sulfide) groups is 1. The molecule has 1 aliphatic heterocycles. The Labute approximate surface area is 159 Å². The molecule has 5 heteroatoms. The van der Waals surface area contributed by atoms with E-state index in [1.54, 1.807) is 18.9 Å². The van der Waals surface area contributed by atoms with E-state index < -0.39 is 0 Å². The third-order valence-electron chi connectivity index (χ3n) is 4.59. The summed E-state index contributed by atoms with van der Waals surface area (Å²) in [5.41, 5.74) is 4.43. The van der Waals surface area contributed by atoms with Gasteiger partial charge in [0.2, 0.25) is 5.91 Å². The van der Waals surface area contributed by atoms with Crippen LogP contribution in [0.2, 0.25) is 0 Å². The first-order chi connectivity index (χ1) is 12.7. The number of carbonyl (C=O) groups is 1. The number of aryl methyl sites for hydroxylation is 1. The second kappa shape index (κ2) is 8.99. The molecule has 0 aromatic heterocycles. The van der Waals surface area contributed by atoms with Crippen LogP contribution in [0, 0.1) is 6.92 Å². The summed E-state index contributed by atoms with van der Waals surface area (Å²) in [6, 6.07) is 14.3. The summed E-state index contributed by atoms with van der Waals surface area (Å²) in [6.07, 6.45) is 2.53. The van der Waals surface area contributed by atoms with E-state index in [4.69, 9.17) is 4.74 Å². The van der Waals surface area contributed by atoms with Gasteiger partial charge in [-0.2, -0.15) is 0 Å². The molecule has 26 heavy (non-hydrogen) atoms. The molecule has 1 aliphatic rings. The van der Waals surface area contributed by atoms with E-state index in [0.29, 0.717) is 5.75 Å². The van der Waals surface area contributed by atoms with Gasteiger partial charge in [0.05, 0.1) is 12.9 Å². The fourth-order valence-electron chi connectivity index (χ4n) is 3.17. The SMILES string of the molecule is COc1cccc(CSCC(=O)Nc2ccc(N3CCCC3)cc2C)c1. The maximum Gasteiger partial charge on any atom is 0.234 e. The Bertz CT molecular complexity index is 757.